The van der Waals surface area contributed by atoms with Crippen LogP contribution in [0.4, 0.5) is 11.4 Å². The third-order valence-electron chi connectivity index (χ3n) is 10.5. The van der Waals surface area contributed by atoms with Gasteiger partial charge in [0.1, 0.15) is 17.6 Å². The molecule has 0 saturated heterocycles. The van der Waals surface area contributed by atoms with Crippen LogP contribution in [0, 0.1) is 30.6 Å². The minimum absolute atomic E-state index is 0.0604. The number of esters is 1. The van der Waals surface area contributed by atoms with Crippen LogP contribution < -0.4 is 15.8 Å². The minimum atomic E-state index is -2.03. The number of ether oxygens (including phenoxy) is 4. The quantitative estimate of drug-likeness (QED) is 0.0727. The molecule has 0 spiro atoms. The van der Waals surface area contributed by atoms with Crippen LogP contribution in [0.15, 0.2) is 57.4 Å². The van der Waals surface area contributed by atoms with Gasteiger partial charge in [0.2, 0.25) is 5.96 Å². The summed E-state index contributed by atoms with van der Waals surface area (Å²) in [5, 5.41) is 65.3. The van der Waals surface area contributed by atoms with Crippen molar-refractivity contribution in [2.24, 2.45) is 44.6 Å². The molecule has 2 aromatic rings. The summed E-state index contributed by atoms with van der Waals surface area (Å²) in [6.45, 7) is 12.1. The number of guanidine groups is 1. The van der Waals surface area contributed by atoms with E-state index >= 15 is 0 Å². The summed E-state index contributed by atoms with van der Waals surface area (Å²) in [6, 6.07) is 1.23. The first-order valence-corrected chi connectivity index (χ1v) is 18.5. The molecular weight excluding hydrogens is 742 g/mol. The van der Waals surface area contributed by atoms with E-state index in [1.54, 1.807) is 39.8 Å². The molecule has 3 aliphatic rings. The number of ketones is 1. The Kier molecular flexibility index (Phi) is 14.2. The number of hydrogen-bond donors (Lipinski definition) is 7. The van der Waals surface area contributed by atoms with Gasteiger partial charge in [0, 0.05) is 61.2 Å². The second-order valence-electron chi connectivity index (χ2n) is 14.6. The molecule has 5 bridgehead atoms. The molecule has 8 N–H and O–H groups in total. The van der Waals surface area contributed by atoms with Crippen molar-refractivity contribution in [3.8, 4) is 17.2 Å². The van der Waals surface area contributed by atoms with Crippen LogP contribution in [0.1, 0.15) is 64.4 Å². The third-order valence-corrected chi connectivity index (χ3v) is 10.5. The SMILES string of the molecule is COC1/C=C/OC2(C)Oc3c(C)c(O)c4c(O)c(cc(N=NC(N)=NCCO)c4c3C2=O)NC(=O)C(C)=C/C=C/C(C)C(O)C(C)C(O)C(C)C(OC(C)=O)C1C. The van der Waals surface area contributed by atoms with Crippen molar-refractivity contribution < 1.29 is 58.9 Å². The average molecular weight is 796 g/mol. The molecular formula is C40H53N5O12. The van der Waals surface area contributed by atoms with Crippen LogP contribution in [-0.2, 0) is 23.8 Å². The highest BCUT2D eigenvalue weighted by atomic mass is 16.7. The van der Waals surface area contributed by atoms with Gasteiger partial charge in [-0.1, -0.05) is 45.9 Å². The zero-order valence-corrected chi connectivity index (χ0v) is 33.5. The zero-order valence-electron chi connectivity index (χ0n) is 33.5. The van der Waals surface area contributed by atoms with Gasteiger partial charge >= 0.3 is 11.8 Å². The van der Waals surface area contributed by atoms with Gasteiger partial charge in [-0.2, -0.15) is 0 Å². The Labute approximate surface area is 330 Å². The molecule has 2 aromatic carbocycles. The topological polar surface area (TPSA) is 264 Å². The number of aromatic hydroxyl groups is 2. The summed E-state index contributed by atoms with van der Waals surface area (Å²) in [6.07, 6.45) is 3.50. The first kappa shape index (κ1) is 44.4. The number of aliphatic hydroxyl groups is 3. The molecule has 310 valence electrons. The molecule has 0 saturated carbocycles. The van der Waals surface area contributed by atoms with Gasteiger partial charge in [0.25, 0.3) is 11.7 Å². The van der Waals surface area contributed by atoms with Crippen molar-refractivity contribution in [2.45, 2.75) is 85.6 Å². The lowest BCUT2D eigenvalue weighted by molar-refractivity contribution is -0.160. The number of benzene rings is 2. The van der Waals surface area contributed by atoms with Crippen LogP contribution >= 0.6 is 0 Å². The number of phenolic OH excluding ortho intramolecular Hbond substituents is 2. The lowest BCUT2D eigenvalue weighted by atomic mass is 9.78. The molecule has 0 aliphatic carbocycles. The molecule has 0 fully saturated rings. The number of hydrogen-bond acceptors (Lipinski definition) is 14. The Bertz CT molecular complexity index is 2030. The number of aliphatic hydroxyl groups excluding tert-OH is 3. The molecule has 0 aromatic heterocycles. The molecule has 5 rings (SSSR count). The van der Waals surface area contributed by atoms with Crippen LogP contribution in [0.25, 0.3) is 10.8 Å². The summed E-state index contributed by atoms with van der Waals surface area (Å²) in [4.78, 5) is 44.0. The molecule has 3 heterocycles. The maximum absolute atomic E-state index is 14.4. The van der Waals surface area contributed by atoms with E-state index in [-0.39, 0.29) is 63.7 Å². The lowest BCUT2D eigenvalue weighted by Crippen LogP contribution is -2.46. The van der Waals surface area contributed by atoms with Crippen LogP contribution in [0.2, 0.25) is 0 Å². The third kappa shape index (κ3) is 9.28. The number of aliphatic imine (C=N–C) groups is 1. The molecule has 57 heavy (non-hydrogen) atoms. The van der Waals surface area contributed by atoms with Crippen molar-refractivity contribution in [1.29, 1.82) is 0 Å². The molecule has 1 amide bonds. The molecule has 17 nitrogen and oxygen atoms in total. The van der Waals surface area contributed by atoms with E-state index in [0.29, 0.717) is 0 Å². The first-order chi connectivity index (χ1) is 26.8. The Balaban J connectivity index is 1.96. The molecule has 9 unspecified atom stereocenters. The number of rotatable bonds is 5. The van der Waals surface area contributed by atoms with E-state index in [1.807, 2.05) is 0 Å². The number of fused-ring (bicyclic) bond motifs is 14. The number of methoxy groups -OCH3 is 1. The average Bonchev–Trinajstić information content (AvgIpc) is 3.44. The number of nitrogens with one attached hydrogen (secondary N) is 1. The number of carbonyl (C=O) groups excluding carboxylic acids is 3. The number of carbonyl (C=O) groups is 3. The highest BCUT2D eigenvalue weighted by Crippen LogP contribution is 2.54. The van der Waals surface area contributed by atoms with Gasteiger partial charge in [-0.05, 0) is 26.0 Å². The number of allylic oxidation sites excluding steroid dienone is 2. The highest BCUT2D eigenvalue weighted by Gasteiger charge is 2.49. The number of anilines is 1. The van der Waals surface area contributed by atoms with Crippen LogP contribution in [0.3, 0.4) is 0 Å². The summed E-state index contributed by atoms with van der Waals surface area (Å²) in [7, 11) is 1.43. The Morgan fingerprint density at radius 1 is 1.02 bits per heavy atom. The van der Waals surface area contributed by atoms with E-state index in [9.17, 15) is 34.8 Å². The zero-order chi connectivity index (χ0) is 42.5. The summed E-state index contributed by atoms with van der Waals surface area (Å²) >= 11 is 0. The van der Waals surface area contributed by atoms with Crippen molar-refractivity contribution >= 4 is 45.8 Å². The number of amides is 1. The predicted molar refractivity (Wildman–Crippen MR) is 210 cm³/mol. The van der Waals surface area contributed by atoms with Gasteiger partial charge in [-0.25, -0.2) is 4.99 Å². The van der Waals surface area contributed by atoms with E-state index < -0.39 is 83.0 Å². The smallest absolute Gasteiger partial charge is 0.312 e. The largest absolute Gasteiger partial charge is 0.507 e. The highest BCUT2D eigenvalue weighted by molar-refractivity contribution is 6.22. The second-order valence-corrected chi connectivity index (χ2v) is 14.6. The fourth-order valence-electron chi connectivity index (χ4n) is 7.03. The van der Waals surface area contributed by atoms with E-state index in [0.717, 1.165) is 0 Å². The number of azo groups is 1. The number of Topliss-reactive ketones (excluding diaryl/α,β-unsaturated/α-hetero) is 1. The molecule has 3 aliphatic heterocycles. The Hall–Kier alpha value is -5.36. The Morgan fingerprint density at radius 2 is 1.70 bits per heavy atom. The van der Waals surface area contributed by atoms with E-state index in [1.165, 1.54) is 59.3 Å². The molecule has 9 atom stereocenters. The van der Waals surface area contributed by atoms with Gasteiger partial charge in [0.05, 0.1) is 60.1 Å². The summed E-state index contributed by atoms with van der Waals surface area (Å²) in [5.74, 6) is -8.00. The molecule has 17 heteroatoms. The normalized spacial score (nSPS) is 30.2. The summed E-state index contributed by atoms with van der Waals surface area (Å²) in [5.41, 5.74) is 5.65. The fourth-order valence-corrected chi connectivity index (χ4v) is 7.03. The van der Waals surface area contributed by atoms with Gasteiger partial charge in [-0.15, -0.1) is 10.2 Å². The van der Waals surface area contributed by atoms with Crippen molar-refractivity contribution in [2.75, 3.05) is 25.6 Å². The van der Waals surface area contributed by atoms with Gasteiger partial charge in [0.15, 0.2) is 5.75 Å². The van der Waals surface area contributed by atoms with Gasteiger partial charge < -0.3 is 55.5 Å². The number of phenols is 2. The number of nitrogens with two attached hydrogens (primary N) is 1. The Morgan fingerprint density at radius 3 is 2.33 bits per heavy atom. The first-order valence-electron chi connectivity index (χ1n) is 18.5. The monoisotopic (exact) mass is 795 g/mol. The van der Waals surface area contributed by atoms with Crippen LogP contribution in [-0.4, -0.2) is 99.6 Å². The van der Waals surface area contributed by atoms with Crippen LogP contribution in [0.5, 0.6) is 17.2 Å². The maximum atomic E-state index is 14.4. The lowest BCUT2D eigenvalue weighted by Gasteiger charge is -2.38. The fraction of sp³-hybridized carbons (Fsp3) is 0.500. The van der Waals surface area contributed by atoms with Crippen molar-refractivity contribution in [3.05, 3.63) is 53.3 Å². The summed E-state index contributed by atoms with van der Waals surface area (Å²) < 4.78 is 23.5. The second kappa shape index (κ2) is 18.3. The molecule has 0 radical (unpaired) electrons. The van der Waals surface area contributed by atoms with E-state index in [2.05, 4.69) is 20.5 Å². The predicted octanol–water partition coefficient (Wildman–Crippen LogP) is 4.44. The van der Waals surface area contributed by atoms with E-state index in [4.69, 9.17) is 29.8 Å². The maximum Gasteiger partial charge on any atom is 0.312 e. The van der Waals surface area contributed by atoms with Crippen molar-refractivity contribution in [1.82, 2.24) is 0 Å². The standard InChI is InChI=1S/C40H53N5O12/c1-18-11-10-12-19(2)38(53)43-26-17-25(44-45-39(41)42-14-15-46)28-29(34(26)51)33(50)23(6)36-30(28)37(52)40(8,57-36)55-16-13-27(54-9)20(3)35(56-24(7)47)22(5)32(49)21(4)31(18)48/h10-13,16-18,20-22,27,31-32,35,46,48-51H,14-15H2,1-9H3,(H2,41,42)(H,43,53)/b11-10+,16-13+,19-12?,45-44?. The minimum Gasteiger partial charge on any atom is -0.507 e. The van der Waals surface area contributed by atoms with Gasteiger partial charge in [-0.3, -0.25) is 14.4 Å². The number of nitrogens with zero attached hydrogens (tertiary/aromatic N) is 3. The van der Waals surface area contributed by atoms with Crippen molar-refractivity contribution in [3.63, 3.8) is 0 Å².